The van der Waals surface area contributed by atoms with Gasteiger partial charge < -0.3 is 4.74 Å². The number of nitrogens with zero attached hydrogens (tertiary/aromatic N) is 1. The molecular formula is C9H8Cl3N3O4S. The number of esters is 1. The number of aromatic nitrogens is 1. The summed E-state index contributed by atoms with van der Waals surface area (Å²) in [4.78, 5) is 38.0. The molecule has 0 fully saturated rings. The van der Waals surface area contributed by atoms with Crippen LogP contribution in [0, 0.1) is 0 Å². The topological polar surface area (TPSA) is 97.4 Å². The Labute approximate surface area is 132 Å². The summed E-state index contributed by atoms with van der Waals surface area (Å²) in [5, 5.41) is 4.15. The second kappa shape index (κ2) is 7.07. The van der Waals surface area contributed by atoms with Crippen molar-refractivity contribution >= 4 is 69.0 Å². The third-order valence-electron chi connectivity index (χ3n) is 1.75. The fourth-order valence-corrected chi connectivity index (χ4v) is 1.79. The van der Waals surface area contributed by atoms with E-state index in [1.165, 1.54) is 5.51 Å². The van der Waals surface area contributed by atoms with E-state index in [9.17, 15) is 14.4 Å². The summed E-state index contributed by atoms with van der Waals surface area (Å²) in [5.41, 5.74) is 1.26. The number of halogens is 3. The van der Waals surface area contributed by atoms with Crippen LogP contribution in [0.2, 0.25) is 0 Å². The molecule has 1 aromatic heterocycles. The van der Waals surface area contributed by atoms with Crippen molar-refractivity contribution in [3.8, 4) is 0 Å². The van der Waals surface area contributed by atoms with Crippen LogP contribution in [0.25, 0.3) is 0 Å². The predicted molar refractivity (Wildman–Crippen MR) is 75.5 cm³/mol. The molecular weight excluding hydrogens is 353 g/mol. The van der Waals surface area contributed by atoms with Gasteiger partial charge in [-0.05, 0) is 6.92 Å². The highest BCUT2D eigenvalue weighted by Gasteiger charge is 2.32. The van der Waals surface area contributed by atoms with Crippen LogP contribution in [0.15, 0.2) is 5.51 Å². The van der Waals surface area contributed by atoms with Crippen molar-refractivity contribution in [3.63, 3.8) is 0 Å². The first kappa shape index (κ1) is 17.0. The van der Waals surface area contributed by atoms with E-state index in [0.29, 0.717) is 0 Å². The molecule has 0 aliphatic carbocycles. The molecule has 0 radical (unpaired) electrons. The smallest absolute Gasteiger partial charge is 0.360 e. The van der Waals surface area contributed by atoms with Gasteiger partial charge in [0.2, 0.25) is 0 Å². The van der Waals surface area contributed by atoms with Crippen LogP contribution in [0.5, 0.6) is 0 Å². The van der Waals surface area contributed by atoms with Gasteiger partial charge >= 0.3 is 12.0 Å². The molecule has 1 aromatic rings. The largest absolute Gasteiger partial charge is 0.461 e. The molecule has 11 heteroatoms. The van der Waals surface area contributed by atoms with Crippen LogP contribution in [0.1, 0.15) is 17.4 Å². The number of carbonyl (C=O) groups excluding carboxylic acids is 3. The maximum absolute atomic E-state index is 11.5. The maximum Gasteiger partial charge on any atom is 0.360 e. The number of alkyl halides is 3. The highest BCUT2D eigenvalue weighted by Crippen LogP contribution is 2.26. The van der Waals surface area contributed by atoms with E-state index in [2.05, 4.69) is 10.3 Å². The van der Waals surface area contributed by atoms with Crippen molar-refractivity contribution in [3.05, 3.63) is 11.2 Å². The summed E-state index contributed by atoms with van der Waals surface area (Å²) in [6.07, 6.45) is 0. The standard InChI is InChI=1S/C9H8Cl3N3O4S/c1-2-19-6(16)4-5(20-3-13-4)14-8(18)15-7(17)9(10,11)12/h3H,2H2,1H3,(H2,14,15,17,18). The highest BCUT2D eigenvalue weighted by molar-refractivity contribution is 7.14. The number of carbonyl (C=O) groups is 3. The van der Waals surface area contributed by atoms with Crippen molar-refractivity contribution in [2.24, 2.45) is 0 Å². The molecule has 0 aliphatic rings. The van der Waals surface area contributed by atoms with Gasteiger partial charge in [-0.25, -0.2) is 14.6 Å². The Morgan fingerprint density at radius 2 is 2.05 bits per heavy atom. The monoisotopic (exact) mass is 359 g/mol. The van der Waals surface area contributed by atoms with Crippen LogP contribution in [-0.2, 0) is 9.53 Å². The van der Waals surface area contributed by atoms with Crippen LogP contribution in [0.3, 0.4) is 0 Å². The molecule has 0 saturated heterocycles. The number of ether oxygens (including phenoxy) is 1. The van der Waals surface area contributed by atoms with Gasteiger partial charge in [0.05, 0.1) is 12.1 Å². The average molecular weight is 361 g/mol. The lowest BCUT2D eigenvalue weighted by Gasteiger charge is -2.10. The zero-order valence-corrected chi connectivity index (χ0v) is 13.0. The third kappa shape index (κ3) is 4.78. The zero-order chi connectivity index (χ0) is 15.3. The minimum Gasteiger partial charge on any atom is -0.461 e. The van der Waals surface area contributed by atoms with Crippen LogP contribution >= 0.6 is 46.1 Å². The van der Waals surface area contributed by atoms with E-state index in [-0.39, 0.29) is 17.3 Å². The number of nitrogens with one attached hydrogen (secondary N) is 2. The first-order valence-electron chi connectivity index (χ1n) is 5.05. The SMILES string of the molecule is CCOC(=O)c1ncsc1NC(=O)NC(=O)C(Cl)(Cl)Cl. The van der Waals surface area contributed by atoms with Gasteiger partial charge in [0.15, 0.2) is 5.69 Å². The number of amides is 3. The van der Waals surface area contributed by atoms with Gasteiger partial charge in [-0.2, -0.15) is 0 Å². The Kier molecular flexibility index (Phi) is 6.00. The Balaban J connectivity index is 2.70. The van der Waals surface area contributed by atoms with Crippen LogP contribution in [0.4, 0.5) is 9.80 Å². The van der Waals surface area contributed by atoms with Crippen molar-refractivity contribution in [2.75, 3.05) is 11.9 Å². The van der Waals surface area contributed by atoms with Gasteiger partial charge in [0, 0.05) is 0 Å². The lowest BCUT2D eigenvalue weighted by Crippen LogP contribution is -2.41. The predicted octanol–water partition coefficient (Wildman–Crippen LogP) is 2.34. The Bertz CT molecular complexity index is 529. The Morgan fingerprint density at radius 3 is 2.60 bits per heavy atom. The number of thiazole rings is 1. The summed E-state index contributed by atoms with van der Waals surface area (Å²) >= 11 is 16.8. The van der Waals surface area contributed by atoms with E-state index in [1.807, 2.05) is 0 Å². The third-order valence-corrected chi connectivity index (χ3v) is 3.00. The number of urea groups is 1. The van der Waals surface area contributed by atoms with Gasteiger partial charge in [0.1, 0.15) is 5.00 Å². The number of hydrogen-bond acceptors (Lipinski definition) is 6. The summed E-state index contributed by atoms with van der Waals surface area (Å²) < 4.78 is 2.48. The molecule has 1 rings (SSSR count). The second-order valence-corrected chi connectivity index (χ2v) is 6.29. The molecule has 0 spiro atoms. The van der Waals surface area contributed by atoms with E-state index in [1.54, 1.807) is 12.2 Å². The number of hydrogen-bond donors (Lipinski definition) is 2. The summed E-state index contributed by atoms with van der Waals surface area (Å²) in [6.45, 7) is 1.79. The van der Waals surface area contributed by atoms with E-state index < -0.39 is 21.7 Å². The van der Waals surface area contributed by atoms with E-state index in [4.69, 9.17) is 39.5 Å². The molecule has 0 aliphatic heterocycles. The molecule has 2 N–H and O–H groups in total. The van der Waals surface area contributed by atoms with Crippen LogP contribution in [-0.4, -0.2) is 33.3 Å². The average Bonchev–Trinajstić information content (AvgIpc) is 2.75. The first-order chi connectivity index (χ1) is 9.25. The van der Waals surface area contributed by atoms with Crippen LogP contribution < -0.4 is 10.6 Å². The minimum atomic E-state index is -2.27. The maximum atomic E-state index is 11.5. The molecule has 0 atom stereocenters. The normalized spacial score (nSPS) is 10.8. The van der Waals surface area contributed by atoms with Crippen molar-refractivity contribution < 1.29 is 19.1 Å². The molecule has 0 unspecified atom stereocenters. The molecule has 20 heavy (non-hydrogen) atoms. The van der Waals surface area contributed by atoms with E-state index in [0.717, 1.165) is 11.3 Å². The number of anilines is 1. The molecule has 0 bridgehead atoms. The van der Waals surface area contributed by atoms with Gasteiger partial charge in [-0.15, -0.1) is 11.3 Å². The minimum absolute atomic E-state index is 0.0756. The zero-order valence-electron chi connectivity index (χ0n) is 9.91. The molecule has 0 aromatic carbocycles. The molecule has 3 amide bonds. The number of rotatable bonds is 3. The Hall–Kier alpha value is -1.09. The summed E-state index contributed by atoms with van der Waals surface area (Å²) in [7, 11) is 0. The van der Waals surface area contributed by atoms with Crippen molar-refractivity contribution in [1.29, 1.82) is 0 Å². The molecule has 110 valence electrons. The van der Waals surface area contributed by atoms with Crippen molar-refractivity contribution in [1.82, 2.24) is 10.3 Å². The first-order valence-corrected chi connectivity index (χ1v) is 7.06. The summed E-state index contributed by atoms with van der Waals surface area (Å²) in [5.74, 6) is -1.82. The highest BCUT2D eigenvalue weighted by atomic mass is 35.6. The molecule has 0 saturated carbocycles. The molecule has 7 nitrogen and oxygen atoms in total. The quantitative estimate of drug-likeness (QED) is 0.637. The summed E-state index contributed by atoms with van der Waals surface area (Å²) in [6, 6.07) is -0.962. The fraction of sp³-hybridized carbons (Fsp3) is 0.333. The number of imide groups is 1. The Morgan fingerprint density at radius 1 is 1.40 bits per heavy atom. The second-order valence-electron chi connectivity index (χ2n) is 3.16. The lowest BCUT2D eigenvalue weighted by molar-refractivity contribution is -0.119. The van der Waals surface area contributed by atoms with Gasteiger partial charge in [0.25, 0.3) is 9.70 Å². The van der Waals surface area contributed by atoms with Crippen molar-refractivity contribution in [2.45, 2.75) is 10.7 Å². The fourth-order valence-electron chi connectivity index (χ4n) is 0.988. The molecule has 1 heterocycles. The lowest BCUT2D eigenvalue weighted by atomic mass is 10.4. The van der Waals surface area contributed by atoms with Gasteiger partial charge in [-0.3, -0.25) is 15.4 Å². The van der Waals surface area contributed by atoms with E-state index >= 15 is 0 Å². The van der Waals surface area contributed by atoms with Gasteiger partial charge in [-0.1, -0.05) is 34.8 Å².